The van der Waals surface area contributed by atoms with Crippen LogP contribution in [0.4, 0.5) is 0 Å². The van der Waals surface area contributed by atoms with E-state index in [9.17, 15) is 0 Å². The third kappa shape index (κ3) is 5.44. The van der Waals surface area contributed by atoms with Gasteiger partial charge in [0.1, 0.15) is 5.01 Å². The van der Waals surface area contributed by atoms with Gasteiger partial charge < -0.3 is 10.6 Å². The number of halogens is 1. The van der Waals surface area contributed by atoms with Crippen molar-refractivity contribution in [1.29, 1.82) is 0 Å². The van der Waals surface area contributed by atoms with Gasteiger partial charge in [0.05, 0.1) is 12.2 Å². The van der Waals surface area contributed by atoms with E-state index in [-0.39, 0.29) is 24.0 Å². The van der Waals surface area contributed by atoms with Gasteiger partial charge in [-0.3, -0.25) is 4.99 Å². The minimum absolute atomic E-state index is 0. The van der Waals surface area contributed by atoms with E-state index in [1.807, 2.05) is 25.2 Å². The average Bonchev–Trinajstić information content (AvgIpc) is 3.09. The van der Waals surface area contributed by atoms with Crippen LogP contribution in [-0.4, -0.2) is 24.0 Å². The fourth-order valence-corrected chi connectivity index (χ4v) is 3.67. The first-order valence-corrected chi connectivity index (χ1v) is 9.20. The summed E-state index contributed by atoms with van der Waals surface area (Å²) in [6, 6.07) is 10.9. The number of aromatic nitrogens is 1. The first-order valence-electron chi connectivity index (χ1n) is 8.32. The summed E-state index contributed by atoms with van der Waals surface area (Å²) in [5.41, 5.74) is 2.21. The van der Waals surface area contributed by atoms with Gasteiger partial charge >= 0.3 is 0 Å². The molecule has 0 spiro atoms. The van der Waals surface area contributed by atoms with Crippen LogP contribution in [-0.2, 0) is 6.54 Å². The lowest BCUT2D eigenvalue weighted by Gasteiger charge is -2.24. The molecule has 2 aromatic rings. The first kappa shape index (κ1) is 19.2. The van der Waals surface area contributed by atoms with E-state index in [2.05, 4.69) is 33.1 Å². The largest absolute Gasteiger partial charge is 0.354 e. The molecule has 6 heteroatoms. The fourth-order valence-electron chi connectivity index (χ4n) is 2.93. The minimum atomic E-state index is 0. The minimum Gasteiger partial charge on any atom is -0.354 e. The summed E-state index contributed by atoms with van der Waals surface area (Å²) in [5.74, 6) is 0.883. The molecule has 0 bridgehead atoms. The molecule has 1 saturated carbocycles. The first-order chi connectivity index (χ1) is 11.3. The van der Waals surface area contributed by atoms with Crippen LogP contribution in [0, 0.1) is 0 Å². The number of thiazole rings is 1. The fraction of sp³-hybridized carbons (Fsp3) is 0.444. The van der Waals surface area contributed by atoms with Crippen molar-refractivity contribution in [2.24, 2.45) is 4.99 Å². The molecule has 1 heterocycles. The quantitative estimate of drug-likeness (QED) is 0.407. The van der Waals surface area contributed by atoms with Gasteiger partial charge in [-0.25, -0.2) is 4.98 Å². The molecule has 2 N–H and O–H groups in total. The zero-order valence-electron chi connectivity index (χ0n) is 14.0. The Bertz CT molecular complexity index is 635. The van der Waals surface area contributed by atoms with Crippen LogP contribution in [0.25, 0.3) is 11.3 Å². The van der Waals surface area contributed by atoms with E-state index in [1.165, 1.54) is 37.7 Å². The molecular weight excluding hydrogens is 431 g/mol. The molecular formula is C18H25IN4S. The highest BCUT2D eigenvalue weighted by atomic mass is 127. The van der Waals surface area contributed by atoms with Crippen LogP contribution in [0.5, 0.6) is 0 Å². The van der Waals surface area contributed by atoms with Crippen LogP contribution >= 0.6 is 35.3 Å². The van der Waals surface area contributed by atoms with Gasteiger partial charge in [-0.1, -0.05) is 49.6 Å². The molecule has 0 amide bonds. The Morgan fingerprint density at radius 1 is 1.21 bits per heavy atom. The summed E-state index contributed by atoms with van der Waals surface area (Å²) in [4.78, 5) is 9.04. The van der Waals surface area contributed by atoms with Crippen molar-refractivity contribution in [3.05, 3.63) is 40.7 Å². The van der Waals surface area contributed by atoms with Crippen molar-refractivity contribution in [3.8, 4) is 11.3 Å². The smallest absolute Gasteiger partial charge is 0.191 e. The van der Waals surface area contributed by atoms with E-state index in [0.717, 1.165) is 16.7 Å². The van der Waals surface area contributed by atoms with E-state index in [1.54, 1.807) is 11.3 Å². The maximum atomic E-state index is 4.71. The number of nitrogens with zero attached hydrogens (tertiary/aromatic N) is 2. The van der Waals surface area contributed by atoms with E-state index < -0.39 is 0 Å². The highest BCUT2D eigenvalue weighted by molar-refractivity contribution is 14.0. The predicted octanol–water partition coefficient (Wildman–Crippen LogP) is 4.43. The van der Waals surface area contributed by atoms with Gasteiger partial charge in [-0.15, -0.1) is 35.3 Å². The second kappa shape index (κ2) is 9.98. The number of rotatable bonds is 4. The summed E-state index contributed by atoms with van der Waals surface area (Å²) in [6.07, 6.45) is 6.50. The molecule has 0 radical (unpaired) electrons. The van der Waals surface area contributed by atoms with Crippen molar-refractivity contribution >= 4 is 41.3 Å². The summed E-state index contributed by atoms with van der Waals surface area (Å²) in [7, 11) is 1.83. The van der Waals surface area contributed by atoms with Gasteiger partial charge in [0.15, 0.2) is 5.96 Å². The zero-order chi connectivity index (χ0) is 15.9. The maximum Gasteiger partial charge on any atom is 0.191 e. The monoisotopic (exact) mass is 456 g/mol. The Morgan fingerprint density at radius 3 is 2.67 bits per heavy atom. The van der Waals surface area contributed by atoms with Crippen molar-refractivity contribution in [1.82, 2.24) is 15.6 Å². The summed E-state index contributed by atoms with van der Waals surface area (Å²) >= 11 is 1.69. The molecule has 130 valence electrons. The number of nitrogens with one attached hydrogen (secondary N) is 2. The lowest BCUT2D eigenvalue weighted by molar-refractivity contribution is 0.410. The SMILES string of the molecule is CN=C(NCc1nc(-c2ccccc2)cs1)NC1CCCCC1.I. The Balaban J connectivity index is 0.00000208. The Morgan fingerprint density at radius 2 is 1.96 bits per heavy atom. The van der Waals surface area contributed by atoms with Gasteiger partial charge in [-0.2, -0.15) is 0 Å². The predicted molar refractivity (Wildman–Crippen MR) is 113 cm³/mol. The number of hydrogen-bond acceptors (Lipinski definition) is 3. The molecule has 1 aliphatic carbocycles. The van der Waals surface area contributed by atoms with E-state index in [0.29, 0.717) is 12.6 Å². The lowest BCUT2D eigenvalue weighted by Crippen LogP contribution is -2.43. The molecule has 1 aromatic heterocycles. The number of hydrogen-bond donors (Lipinski definition) is 2. The standard InChI is InChI=1S/C18H24N4S.HI/c1-19-18(21-15-10-6-3-7-11-15)20-12-17-22-16(13-23-17)14-8-4-2-5-9-14;/h2,4-5,8-9,13,15H,3,6-7,10-12H2,1H3,(H2,19,20,21);1H. The number of guanidine groups is 1. The highest BCUT2D eigenvalue weighted by Gasteiger charge is 2.14. The Hall–Kier alpha value is -1.15. The Labute approximate surface area is 165 Å². The summed E-state index contributed by atoms with van der Waals surface area (Å²) in [6.45, 7) is 0.712. The summed E-state index contributed by atoms with van der Waals surface area (Å²) < 4.78 is 0. The lowest BCUT2D eigenvalue weighted by atomic mass is 9.96. The van der Waals surface area contributed by atoms with E-state index in [4.69, 9.17) is 4.98 Å². The number of benzene rings is 1. The molecule has 1 aliphatic rings. The normalized spacial score (nSPS) is 15.6. The van der Waals surface area contributed by atoms with Gasteiger partial charge in [0, 0.05) is 24.0 Å². The van der Waals surface area contributed by atoms with Crippen LogP contribution in [0.3, 0.4) is 0 Å². The third-order valence-electron chi connectivity index (χ3n) is 4.20. The van der Waals surface area contributed by atoms with Gasteiger partial charge in [0.25, 0.3) is 0 Å². The molecule has 0 unspecified atom stereocenters. The van der Waals surface area contributed by atoms with Gasteiger partial charge in [-0.05, 0) is 12.8 Å². The topological polar surface area (TPSA) is 49.3 Å². The molecule has 1 fully saturated rings. The molecule has 1 aromatic carbocycles. The molecule has 0 atom stereocenters. The van der Waals surface area contributed by atoms with Crippen LogP contribution in [0.1, 0.15) is 37.1 Å². The van der Waals surface area contributed by atoms with Crippen molar-refractivity contribution in [2.45, 2.75) is 44.7 Å². The van der Waals surface area contributed by atoms with Crippen molar-refractivity contribution < 1.29 is 0 Å². The molecule has 4 nitrogen and oxygen atoms in total. The molecule has 0 aliphatic heterocycles. The van der Waals surface area contributed by atoms with Crippen LogP contribution in [0.15, 0.2) is 40.7 Å². The van der Waals surface area contributed by atoms with E-state index >= 15 is 0 Å². The van der Waals surface area contributed by atoms with Crippen molar-refractivity contribution in [2.75, 3.05) is 7.05 Å². The molecule has 24 heavy (non-hydrogen) atoms. The zero-order valence-corrected chi connectivity index (χ0v) is 17.1. The average molecular weight is 456 g/mol. The highest BCUT2D eigenvalue weighted by Crippen LogP contribution is 2.21. The van der Waals surface area contributed by atoms with Gasteiger partial charge in [0.2, 0.25) is 0 Å². The molecule has 0 saturated heterocycles. The number of aliphatic imine (C=N–C) groups is 1. The Kier molecular flexibility index (Phi) is 7.98. The second-order valence-corrected chi connectivity index (χ2v) is 6.84. The summed E-state index contributed by atoms with van der Waals surface area (Å²) in [5, 5.41) is 10.1. The van der Waals surface area contributed by atoms with Crippen LogP contribution < -0.4 is 10.6 Å². The van der Waals surface area contributed by atoms with Crippen LogP contribution in [0.2, 0.25) is 0 Å². The maximum absolute atomic E-state index is 4.71. The molecule has 3 rings (SSSR count). The second-order valence-electron chi connectivity index (χ2n) is 5.90. The third-order valence-corrected chi connectivity index (χ3v) is 5.05. The van der Waals surface area contributed by atoms with Crippen molar-refractivity contribution in [3.63, 3.8) is 0 Å².